The van der Waals surface area contributed by atoms with Gasteiger partial charge in [-0.25, -0.2) is 0 Å². The Morgan fingerprint density at radius 1 is 1.05 bits per heavy atom. The fraction of sp³-hybridized carbons (Fsp3) is 0.667. The molecule has 1 N–H and O–H groups in total. The molecule has 0 saturated carbocycles. The normalized spacial score (nSPS) is 11.2. The molecule has 0 bridgehead atoms. The summed E-state index contributed by atoms with van der Waals surface area (Å²) in [5, 5.41) is 3.40. The van der Waals surface area contributed by atoms with Gasteiger partial charge in [0.1, 0.15) is 0 Å². The van der Waals surface area contributed by atoms with Crippen molar-refractivity contribution in [2.24, 2.45) is 5.92 Å². The number of hydrogen-bond donors (Lipinski definition) is 1. The summed E-state index contributed by atoms with van der Waals surface area (Å²) in [6, 6.07) is 6.87. The molecule has 0 aromatic heterocycles. The fourth-order valence-electron chi connectivity index (χ4n) is 2.30. The van der Waals surface area contributed by atoms with Gasteiger partial charge >= 0.3 is 0 Å². The van der Waals surface area contributed by atoms with Crippen LogP contribution in [0.25, 0.3) is 0 Å². The Hall–Kier alpha value is -0.860. The minimum atomic E-state index is 0.707. The molecule has 0 atom stereocenters. The molecular formula is C18H31NO. The van der Waals surface area contributed by atoms with Crippen LogP contribution >= 0.6 is 0 Å². The van der Waals surface area contributed by atoms with Crippen LogP contribution < -0.4 is 5.32 Å². The van der Waals surface area contributed by atoms with Gasteiger partial charge in [-0.15, -0.1) is 0 Å². The van der Waals surface area contributed by atoms with Crippen LogP contribution in [0.2, 0.25) is 0 Å². The Kier molecular flexibility index (Phi) is 8.56. The van der Waals surface area contributed by atoms with E-state index in [9.17, 15) is 0 Å². The number of benzene rings is 1. The van der Waals surface area contributed by atoms with Crippen LogP contribution in [0.5, 0.6) is 0 Å². The summed E-state index contributed by atoms with van der Waals surface area (Å²) in [6.07, 6.45) is 3.24. The Balaban J connectivity index is 2.27. The second-order valence-corrected chi connectivity index (χ2v) is 5.77. The van der Waals surface area contributed by atoms with Gasteiger partial charge < -0.3 is 10.1 Å². The summed E-state index contributed by atoms with van der Waals surface area (Å²) in [4.78, 5) is 0. The predicted octanol–water partition coefficient (Wildman–Crippen LogP) is 3.62. The molecule has 0 unspecified atom stereocenters. The quantitative estimate of drug-likeness (QED) is 0.660. The van der Waals surface area contributed by atoms with Gasteiger partial charge in [0.15, 0.2) is 0 Å². The van der Waals surface area contributed by atoms with E-state index in [1.807, 2.05) is 0 Å². The van der Waals surface area contributed by atoms with E-state index in [1.165, 1.54) is 16.7 Å². The van der Waals surface area contributed by atoms with E-state index in [-0.39, 0.29) is 0 Å². The van der Waals surface area contributed by atoms with Crippen LogP contribution in [0.3, 0.4) is 0 Å². The molecule has 2 heteroatoms. The van der Waals surface area contributed by atoms with Gasteiger partial charge in [-0.1, -0.05) is 45.9 Å². The van der Waals surface area contributed by atoms with Crippen molar-refractivity contribution in [2.75, 3.05) is 26.3 Å². The van der Waals surface area contributed by atoms with Gasteiger partial charge in [-0.3, -0.25) is 0 Å². The van der Waals surface area contributed by atoms with Gasteiger partial charge in [0.05, 0.1) is 13.2 Å². The molecule has 0 radical (unpaired) electrons. The Bertz CT molecular complexity index is 374. The second-order valence-electron chi connectivity index (χ2n) is 5.77. The lowest BCUT2D eigenvalue weighted by Crippen LogP contribution is -2.24. The number of nitrogens with one attached hydrogen (secondary N) is 1. The number of hydrogen-bond acceptors (Lipinski definition) is 2. The molecule has 0 aliphatic rings. The Labute approximate surface area is 124 Å². The number of rotatable bonds is 10. The van der Waals surface area contributed by atoms with Crippen LogP contribution in [0, 0.1) is 5.92 Å². The van der Waals surface area contributed by atoms with Crippen molar-refractivity contribution >= 4 is 0 Å². The summed E-state index contributed by atoms with van der Waals surface area (Å²) < 4.78 is 5.73. The van der Waals surface area contributed by atoms with Crippen LogP contribution in [-0.4, -0.2) is 26.3 Å². The maximum atomic E-state index is 5.73. The third-order valence-electron chi connectivity index (χ3n) is 3.55. The van der Waals surface area contributed by atoms with E-state index in [0.29, 0.717) is 5.92 Å². The van der Waals surface area contributed by atoms with E-state index in [2.05, 4.69) is 51.2 Å². The molecule has 0 aliphatic heterocycles. The van der Waals surface area contributed by atoms with Crippen molar-refractivity contribution in [3.8, 4) is 0 Å². The zero-order chi connectivity index (χ0) is 14.8. The van der Waals surface area contributed by atoms with Crippen molar-refractivity contribution in [2.45, 2.75) is 47.0 Å². The summed E-state index contributed by atoms with van der Waals surface area (Å²) in [5.41, 5.74) is 4.35. The summed E-state index contributed by atoms with van der Waals surface area (Å²) in [6.45, 7) is 12.5. The topological polar surface area (TPSA) is 21.3 Å². The first-order valence-corrected chi connectivity index (χ1v) is 8.06. The highest BCUT2D eigenvalue weighted by atomic mass is 16.5. The van der Waals surface area contributed by atoms with Gasteiger partial charge in [0.25, 0.3) is 0 Å². The maximum absolute atomic E-state index is 5.73. The first-order valence-electron chi connectivity index (χ1n) is 8.06. The SMILES string of the molecule is CCc1ccc(CC)c(CCOCCNCC(C)C)c1. The van der Waals surface area contributed by atoms with E-state index in [1.54, 1.807) is 0 Å². The molecule has 0 saturated heterocycles. The van der Waals surface area contributed by atoms with Gasteiger partial charge in [0, 0.05) is 6.54 Å². The zero-order valence-electron chi connectivity index (χ0n) is 13.7. The lowest BCUT2D eigenvalue weighted by atomic mass is 9.99. The molecule has 0 aliphatic carbocycles. The minimum Gasteiger partial charge on any atom is -0.380 e. The fourth-order valence-corrected chi connectivity index (χ4v) is 2.30. The van der Waals surface area contributed by atoms with Crippen molar-refractivity contribution in [1.29, 1.82) is 0 Å². The van der Waals surface area contributed by atoms with Crippen molar-refractivity contribution in [1.82, 2.24) is 5.32 Å². The summed E-state index contributed by atoms with van der Waals surface area (Å²) in [5.74, 6) is 0.707. The molecule has 114 valence electrons. The predicted molar refractivity (Wildman–Crippen MR) is 87.4 cm³/mol. The molecule has 2 nitrogen and oxygen atoms in total. The average Bonchev–Trinajstić information content (AvgIpc) is 2.45. The zero-order valence-corrected chi connectivity index (χ0v) is 13.7. The standard InChI is InChI=1S/C18H31NO/c1-5-16-7-8-17(6-2)18(13-16)9-11-20-12-10-19-14-15(3)4/h7-8,13,15,19H,5-6,9-12,14H2,1-4H3. The number of aryl methyl sites for hydroxylation is 2. The van der Waals surface area contributed by atoms with Crippen LogP contribution in [0.1, 0.15) is 44.4 Å². The molecule has 0 heterocycles. The number of ether oxygens (including phenoxy) is 1. The van der Waals surface area contributed by atoms with E-state index in [0.717, 1.165) is 45.6 Å². The van der Waals surface area contributed by atoms with E-state index < -0.39 is 0 Å². The second kappa shape index (κ2) is 9.95. The first kappa shape index (κ1) is 17.2. The lowest BCUT2D eigenvalue weighted by Gasteiger charge is -2.11. The van der Waals surface area contributed by atoms with Crippen LogP contribution in [-0.2, 0) is 24.0 Å². The molecule has 1 aromatic rings. The Morgan fingerprint density at radius 3 is 2.50 bits per heavy atom. The maximum Gasteiger partial charge on any atom is 0.0591 e. The van der Waals surface area contributed by atoms with Gasteiger partial charge in [0.2, 0.25) is 0 Å². The molecule has 20 heavy (non-hydrogen) atoms. The Morgan fingerprint density at radius 2 is 1.85 bits per heavy atom. The molecule has 0 fully saturated rings. The molecule has 1 rings (SSSR count). The van der Waals surface area contributed by atoms with Crippen LogP contribution in [0.15, 0.2) is 18.2 Å². The van der Waals surface area contributed by atoms with Crippen molar-refractivity contribution in [3.63, 3.8) is 0 Å². The summed E-state index contributed by atoms with van der Waals surface area (Å²) >= 11 is 0. The average molecular weight is 277 g/mol. The van der Waals surface area contributed by atoms with E-state index >= 15 is 0 Å². The third-order valence-corrected chi connectivity index (χ3v) is 3.55. The van der Waals surface area contributed by atoms with Gasteiger partial charge in [-0.2, -0.15) is 0 Å². The lowest BCUT2D eigenvalue weighted by molar-refractivity contribution is 0.138. The molecular weight excluding hydrogens is 246 g/mol. The molecule has 0 amide bonds. The van der Waals surface area contributed by atoms with E-state index in [4.69, 9.17) is 4.74 Å². The molecule has 0 spiro atoms. The van der Waals surface area contributed by atoms with Gasteiger partial charge in [-0.05, 0) is 48.4 Å². The largest absolute Gasteiger partial charge is 0.380 e. The third kappa shape index (κ3) is 6.53. The van der Waals surface area contributed by atoms with Crippen molar-refractivity contribution in [3.05, 3.63) is 34.9 Å². The highest BCUT2D eigenvalue weighted by Crippen LogP contribution is 2.14. The van der Waals surface area contributed by atoms with Crippen LogP contribution in [0.4, 0.5) is 0 Å². The highest BCUT2D eigenvalue weighted by molar-refractivity contribution is 5.32. The monoisotopic (exact) mass is 277 g/mol. The minimum absolute atomic E-state index is 0.707. The first-order chi connectivity index (χ1) is 9.67. The summed E-state index contributed by atoms with van der Waals surface area (Å²) in [7, 11) is 0. The highest BCUT2D eigenvalue weighted by Gasteiger charge is 2.02. The molecule has 1 aromatic carbocycles. The van der Waals surface area contributed by atoms with Crippen molar-refractivity contribution < 1.29 is 4.74 Å². The smallest absolute Gasteiger partial charge is 0.0591 e.